The molecule has 4 rings (SSSR count). The first kappa shape index (κ1) is 23.3. The van der Waals surface area contributed by atoms with Gasteiger partial charge in [-0.2, -0.15) is 5.26 Å². The molecular formula is C31H29NO2. The van der Waals surface area contributed by atoms with Crippen LogP contribution in [0.4, 0.5) is 0 Å². The SMILES string of the molecule is COC(=O)C(CCCc1cccc2ccccc12)CCc1ccc(-c2cccc(C#N)c2)cc1. The molecule has 0 aliphatic rings. The van der Waals surface area contributed by atoms with Gasteiger partial charge in [0.1, 0.15) is 0 Å². The average molecular weight is 448 g/mol. The van der Waals surface area contributed by atoms with Crippen molar-refractivity contribution in [3.8, 4) is 17.2 Å². The van der Waals surface area contributed by atoms with Crippen molar-refractivity contribution in [2.75, 3.05) is 7.11 Å². The largest absolute Gasteiger partial charge is 0.469 e. The smallest absolute Gasteiger partial charge is 0.308 e. The van der Waals surface area contributed by atoms with Crippen LogP contribution in [0, 0.1) is 17.2 Å². The molecule has 3 nitrogen and oxygen atoms in total. The fraction of sp³-hybridized carbons (Fsp3) is 0.226. The molecule has 0 saturated heterocycles. The highest BCUT2D eigenvalue weighted by atomic mass is 16.5. The summed E-state index contributed by atoms with van der Waals surface area (Å²) in [6.07, 6.45) is 4.31. The minimum absolute atomic E-state index is 0.105. The van der Waals surface area contributed by atoms with Gasteiger partial charge in [-0.15, -0.1) is 0 Å². The molecule has 0 spiro atoms. The molecule has 4 aromatic carbocycles. The van der Waals surface area contributed by atoms with Crippen molar-refractivity contribution >= 4 is 16.7 Å². The number of ether oxygens (including phenoxy) is 1. The summed E-state index contributed by atoms with van der Waals surface area (Å²) in [5.41, 5.74) is 5.30. The number of aryl methyl sites for hydroxylation is 2. The minimum Gasteiger partial charge on any atom is -0.469 e. The van der Waals surface area contributed by atoms with Crippen LogP contribution < -0.4 is 0 Å². The second-order valence-corrected chi connectivity index (χ2v) is 8.68. The van der Waals surface area contributed by atoms with Crippen LogP contribution in [0.1, 0.15) is 36.0 Å². The Morgan fingerprint density at radius 3 is 2.41 bits per heavy atom. The summed E-state index contributed by atoms with van der Waals surface area (Å²) >= 11 is 0. The fourth-order valence-corrected chi connectivity index (χ4v) is 4.57. The second-order valence-electron chi connectivity index (χ2n) is 8.68. The average Bonchev–Trinajstić information content (AvgIpc) is 2.90. The molecule has 0 aliphatic heterocycles. The first-order chi connectivity index (χ1) is 16.7. The summed E-state index contributed by atoms with van der Waals surface area (Å²) in [6.45, 7) is 0. The van der Waals surface area contributed by atoms with E-state index in [-0.39, 0.29) is 11.9 Å². The van der Waals surface area contributed by atoms with Gasteiger partial charge in [0.2, 0.25) is 0 Å². The van der Waals surface area contributed by atoms with E-state index in [9.17, 15) is 4.79 Å². The Morgan fingerprint density at radius 1 is 0.853 bits per heavy atom. The Hall–Kier alpha value is -3.90. The van der Waals surface area contributed by atoms with Crippen molar-refractivity contribution in [3.05, 3.63) is 108 Å². The Labute approximate surface area is 201 Å². The zero-order valence-corrected chi connectivity index (χ0v) is 19.5. The maximum atomic E-state index is 12.4. The topological polar surface area (TPSA) is 50.1 Å². The van der Waals surface area contributed by atoms with E-state index in [0.717, 1.165) is 43.2 Å². The number of esters is 1. The third kappa shape index (κ3) is 5.71. The van der Waals surface area contributed by atoms with E-state index < -0.39 is 0 Å². The lowest BCUT2D eigenvalue weighted by atomic mass is 9.92. The quantitative estimate of drug-likeness (QED) is 0.257. The summed E-state index contributed by atoms with van der Waals surface area (Å²) in [6, 6.07) is 33.1. The lowest BCUT2D eigenvalue weighted by Gasteiger charge is -2.15. The molecule has 0 bridgehead atoms. The molecule has 0 N–H and O–H groups in total. The van der Waals surface area contributed by atoms with Crippen molar-refractivity contribution in [1.82, 2.24) is 0 Å². The number of rotatable bonds is 9. The Bertz CT molecular complexity index is 1300. The molecule has 0 fully saturated rings. The molecule has 1 atom stereocenters. The monoisotopic (exact) mass is 447 g/mol. The van der Waals surface area contributed by atoms with Gasteiger partial charge in [0.15, 0.2) is 0 Å². The molecular weight excluding hydrogens is 418 g/mol. The van der Waals surface area contributed by atoms with Crippen LogP contribution in [0.15, 0.2) is 91.0 Å². The molecule has 0 aliphatic carbocycles. The van der Waals surface area contributed by atoms with Gasteiger partial charge in [-0.1, -0.05) is 78.9 Å². The summed E-state index contributed by atoms with van der Waals surface area (Å²) in [7, 11) is 1.48. The predicted molar refractivity (Wildman–Crippen MR) is 137 cm³/mol. The van der Waals surface area contributed by atoms with E-state index in [1.807, 2.05) is 24.3 Å². The summed E-state index contributed by atoms with van der Waals surface area (Å²) in [5.74, 6) is -0.227. The van der Waals surface area contributed by atoms with E-state index in [4.69, 9.17) is 10.00 Å². The number of fused-ring (bicyclic) bond motifs is 1. The van der Waals surface area contributed by atoms with E-state index in [1.165, 1.54) is 29.0 Å². The minimum atomic E-state index is -0.122. The number of nitriles is 1. The summed E-state index contributed by atoms with van der Waals surface area (Å²) in [4.78, 5) is 12.4. The molecule has 0 heterocycles. The van der Waals surface area contributed by atoms with Gasteiger partial charge in [0.25, 0.3) is 0 Å². The molecule has 0 radical (unpaired) electrons. The predicted octanol–water partition coefficient (Wildman–Crippen LogP) is 7.12. The van der Waals surface area contributed by atoms with Gasteiger partial charge in [-0.25, -0.2) is 0 Å². The van der Waals surface area contributed by atoms with Gasteiger partial charge in [-0.3, -0.25) is 4.79 Å². The Balaban J connectivity index is 1.36. The second kappa shape index (κ2) is 11.3. The van der Waals surface area contributed by atoms with Crippen molar-refractivity contribution in [1.29, 1.82) is 5.26 Å². The van der Waals surface area contributed by atoms with Crippen LogP contribution in [-0.4, -0.2) is 13.1 Å². The third-order valence-electron chi connectivity index (χ3n) is 6.47. The maximum absolute atomic E-state index is 12.4. The fourth-order valence-electron chi connectivity index (χ4n) is 4.57. The highest BCUT2D eigenvalue weighted by Gasteiger charge is 2.19. The maximum Gasteiger partial charge on any atom is 0.308 e. The van der Waals surface area contributed by atoms with E-state index in [2.05, 4.69) is 72.8 Å². The molecule has 170 valence electrons. The van der Waals surface area contributed by atoms with Gasteiger partial charge in [0, 0.05) is 0 Å². The first-order valence-electron chi connectivity index (χ1n) is 11.8. The van der Waals surface area contributed by atoms with E-state index in [0.29, 0.717) is 5.56 Å². The number of carbonyl (C=O) groups is 1. The van der Waals surface area contributed by atoms with Crippen molar-refractivity contribution < 1.29 is 9.53 Å². The number of nitrogens with zero attached hydrogens (tertiary/aromatic N) is 1. The number of benzene rings is 4. The van der Waals surface area contributed by atoms with Crippen LogP contribution in [0.3, 0.4) is 0 Å². The lowest BCUT2D eigenvalue weighted by Crippen LogP contribution is -2.17. The number of hydrogen-bond donors (Lipinski definition) is 0. The standard InChI is InChI=1S/C31H29NO2/c1-34-31(33)28(12-6-11-27-10-5-9-26-8-2-3-14-30(26)27)20-17-23-15-18-25(19-16-23)29-13-4-7-24(21-29)22-32/h2-5,7-10,13-16,18-19,21,28H,6,11-12,17,20H2,1H3. The first-order valence-corrected chi connectivity index (χ1v) is 11.8. The van der Waals surface area contributed by atoms with Gasteiger partial charge in [-0.05, 0) is 77.3 Å². The van der Waals surface area contributed by atoms with Crippen molar-refractivity contribution in [2.45, 2.75) is 32.1 Å². The van der Waals surface area contributed by atoms with Gasteiger partial charge >= 0.3 is 5.97 Å². The number of methoxy groups -OCH3 is 1. The Morgan fingerprint density at radius 2 is 1.62 bits per heavy atom. The van der Waals surface area contributed by atoms with Crippen molar-refractivity contribution in [2.24, 2.45) is 5.92 Å². The highest BCUT2D eigenvalue weighted by Crippen LogP contribution is 2.25. The molecule has 0 amide bonds. The molecule has 34 heavy (non-hydrogen) atoms. The number of carbonyl (C=O) groups excluding carboxylic acids is 1. The zero-order chi connectivity index (χ0) is 23.8. The normalized spacial score (nSPS) is 11.6. The highest BCUT2D eigenvalue weighted by molar-refractivity contribution is 5.85. The van der Waals surface area contributed by atoms with Gasteiger partial charge in [0.05, 0.1) is 24.7 Å². The molecule has 0 saturated carbocycles. The molecule has 1 unspecified atom stereocenters. The lowest BCUT2D eigenvalue weighted by molar-refractivity contribution is -0.145. The molecule has 3 heteroatoms. The summed E-state index contributed by atoms with van der Waals surface area (Å²) in [5, 5.41) is 11.7. The zero-order valence-electron chi connectivity index (χ0n) is 19.5. The van der Waals surface area contributed by atoms with Crippen LogP contribution >= 0.6 is 0 Å². The van der Waals surface area contributed by atoms with Crippen LogP contribution in [0.2, 0.25) is 0 Å². The van der Waals surface area contributed by atoms with E-state index >= 15 is 0 Å². The van der Waals surface area contributed by atoms with E-state index in [1.54, 1.807) is 0 Å². The van der Waals surface area contributed by atoms with Gasteiger partial charge < -0.3 is 4.74 Å². The third-order valence-corrected chi connectivity index (χ3v) is 6.47. The van der Waals surface area contributed by atoms with Crippen LogP contribution in [-0.2, 0) is 22.4 Å². The molecule has 4 aromatic rings. The van der Waals surface area contributed by atoms with Crippen molar-refractivity contribution in [3.63, 3.8) is 0 Å². The van der Waals surface area contributed by atoms with Crippen LogP contribution in [0.5, 0.6) is 0 Å². The summed E-state index contributed by atoms with van der Waals surface area (Å²) < 4.78 is 5.11. The molecule has 0 aromatic heterocycles. The van der Waals surface area contributed by atoms with Crippen LogP contribution in [0.25, 0.3) is 21.9 Å². The Kier molecular flexibility index (Phi) is 7.73. The number of hydrogen-bond acceptors (Lipinski definition) is 3.